The van der Waals surface area contributed by atoms with Gasteiger partial charge in [0.1, 0.15) is 0 Å². The Hall–Kier alpha value is -0.610. The summed E-state index contributed by atoms with van der Waals surface area (Å²) in [5.41, 5.74) is 5.55. The van der Waals surface area contributed by atoms with E-state index >= 15 is 0 Å². The topological polar surface area (TPSA) is 64.3 Å². The van der Waals surface area contributed by atoms with Crippen molar-refractivity contribution in [2.24, 2.45) is 5.73 Å². The van der Waals surface area contributed by atoms with E-state index in [9.17, 15) is 4.79 Å². The summed E-state index contributed by atoms with van der Waals surface area (Å²) < 4.78 is 5.19. The van der Waals surface area contributed by atoms with Crippen molar-refractivity contribution in [1.82, 2.24) is 5.32 Å². The van der Waals surface area contributed by atoms with E-state index in [0.29, 0.717) is 6.10 Å². The molecule has 0 spiro atoms. The van der Waals surface area contributed by atoms with Gasteiger partial charge in [0.05, 0.1) is 11.6 Å². The summed E-state index contributed by atoms with van der Waals surface area (Å²) in [6.07, 6.45) is 7.21. The summed E-state index contributed by atoms with van der Waals surface area (Å²) in [4.78, 5) is 12.0. The number of rotatable bonds is 3. The number of hydrogen-bond acceptors (Lipinski definition) is 3. The van der Waals surface area contributed by atoms with E-state index in [2.05, 4.69) is 5.32 Å². The molecule has 3 N–H and O–H groups in total. The van der Waals surface area contributed by atoms with Gasteiger partial charge in [-0.3, -0.25) is 4.79 Å². The Kier molecular flexibility index (Phi) is 3.50. The first-order chi connectivity index (χ1) is 7.64. The minimum absolute atomic E-state index is 0.0479. The van der Waals surface area contributed by atoms with Gasteiger partial charge < -0.3 is 15.8 Å². The van der Waals surface area contributed by atoms with Crippen molar-refractivity contribution in [3.05, 3.63) is 0 Å². The van der Waals surface area contributed by atoms with Crippen LogP contribution in [0.2, 0.25) is 0 Å². The van der Waals surface area contributed by atoms with E-state index in [-0.39, 0.29) is 11.9 Å². The van der Waals surface area contributed by atoms with Crippen molar-refractivity contribution >= 4 is 5.91 Å². The largest absolute Gasteiger partial charge is 0.381 e. The zero-order chi connectivity index (χ0) is 11.6. The molecule has 2 fully saturated rings. The van der Waals surface area contributed by atoms with Crippen molar-refractivity contribution in [2.45, 2.75) is 62.6 Å². The smallest absolute Gasteiger partial charge is 0.240 e. The van der Waals surface area contributed by atoms with Gasteiger partial charge in [-0.2, -0.15) is 0 Å². The predicted octanol–water partition coefficient (Wildman–Crippen LogP) is 0.942. The fraction of sp³-hybridized carbons (Fsp3) is 0.917. The molecule has 4 nitrogen and oxygen atoms in total. The van der Waals surface area contributed by atoms with Gasteiger partial charge in [-0.05, 0) is 25.7 Å². The van der Waals surface area contributed by atoms with E-state index in [4.69, 9.17) is 10.5 Å². The van der Waals surface area contributed by atoms with Crippen LogP contribution < -0.4 is 11.1 Å². The maximum absolute atomic E-state index is 12.0. The Morgan fingerprint density at radius 2 is 1.94 bits per heavy atom. The summed E-state index contributed by atoms with van der Waals surface area (Å²) in [5, 5.41) is 3.05. The SMILES string of the molecule is COC1CC(NC(=O)C2(N)CCCCC2)C1. The molecule has 0 unspecified atom stereocenters. The van der Waals surface area contributed by atoms with Crippen molar-refractivity contribution < 1.29 is 9.53 Å². The molecule has 0 heterocycles. The summed E-state index contributed by atoms with van der Waals surface area (Å²) in [6, 6.07) is 0.278. The molecule has 1 amide bonds. The predicted molar refractivity (Wildman–Crippen MR) is 62.0 cm³/mol. The van der Waals surface area contributed by atoms with Gasteiger partial charge in [0.2, 0.25) is 5.91 Å². The second-order valence-electron chi connectivity index (χ2n) is 5.22. The monoisotopic (exact) mass is 226 g/mol. The van der Waals surface area contributed by atoms with Crippen LogP contribution in [0.25, 0.3) is 0 Å². The van der Waals surface area contributed by atoms with Crippen LogP contribution in [0.3, 0.4) is 0 Å². The quantitative estimate of drug-likeness (QED) is 0.753. The first kappa shape index (κ1) is 11.9. The molecule has 16 heavy (non-hydrogen) atoms. The van der Waals surface area contributed by atoms with Crippen LogP contribution in [0, 0.1) is 0 Å². The molecule has 2 saturated carbocycles. The first-order valence-corrected chi connectivity index (χ1v) is 6.27. The average molecular weight is 226 g/mol. The van der Waals surface area contributed by atoms with E-state index < -0.39 is 5.54 Å². The molecule has 0 bridgehead atoms. The fourth-order valence-electron chi connectivity index (χ4n) is 2.61. The standard InChI is InChI=1S/C12H22N2O2/c1-16-10-7-9(8-10)14-11(15)12(13)5-3-2-4-6-12/h9-10H,2-8,13H2,1H3,(H,14,15). The zero-order valence-electron chi connectivity index (χ0n) is 10.00. The number of amides is 1. The van der Waals surface area contributed by atoms with Crippen molar-refractivity contribution in [3.63, 3.8) is 0 Å². The van der Waals surface area contributed by atoms with Gasteiger partial charge >= 0.3 is 0 Å². The number of methoxy groups -OCH3 is 1. The van der Waals surface area contributed by atoms with Gasteiger partial charge in [-0.15, -0.1) is 0 Å². The van der Waals surface area contributed by atoms with Crippen LogP contribution in [0.15, 0.2) is 0 Å². The Morgan fingerprint density at radius 1 is 1.31 bits per heavy atom. The Balaban J connectivity index is 1.79. The number of nitrogens with one attached hydrogen (secondary N) is 1. The highest BCUT2D eigenvalue weighted by atomic mass is 16.5. The van der Waals surface area contributed by atoms with Crippen molar-refractivity contribution in [2.75, 3.05) is 7.11 Å². The molecular formula is C12H22N2O2. The molecule has 0 aliphatic heterocycles. The molecule has 4 heteroatoms. The summed E-state index contributed by atoms with van der Waals surface area (Å²) in [5.74, 6) is 0.0479. The van der Waals surface area contributed by atoms with Crippen LogP contribution in [0.5, 0.6) is 0 Å². The molecule has 2 rings (SSSR count). The van der Waals surface area contributed by atoms with Gasteiger partial charge in [-0.1, -0.05) is 19.3 Å². The van der Waals surface area contributed by atoms with E-state index in [0.717, 1.165) is 38.5 Å². The normalized spacial score (nSPS) is 32.9. The highest BCUT2D eigenvalue weighted by Crippen LogP contribution is 2.28. The minimum Gasteiger partial charge on any atom is -0.381 e. The lowest BCUT2D eigenvalue weighted by atomic mass is 9.80. The lowest BCUT2D eigenvalue weighted by molar-refractivity contribution is -0.129. The molecule has 92 valence electrons. The Morgan fingerprint density at radius 3 is 2.50 bits per heavy atom. The number of carbonyl (C=O) groups is 1. The molecular weight excluding hydrogens is 204 g/mol. The Labute approximate surface area is 96.9 Å². The Bertz CT molecular complexity index is 256. The summed E-state index contributed by atoms with van der Waals surface area (Å²) in [6.45, 7) is 0. The molecule has 0 aromatic rings. The van der Waals surface area contributed by atoms with Crippen molar-refractivity contribution in [3.8, 4) is 0 Å². The minimum atomic E-state index is -0.601. The molecule has 0 aromatic heterocycles. The number of ether oxygens (including phenoxy) is 1. The third-order valence-electron chi connectivity index (χ3n) is 3.96. The van der Waals surface area contributed by atoms with Crippen molar-refractivity contribution in [1.29, 1.82) is 0 Å². The molecule has 0 radical (unpaired) electrons. The lowest BCUT2D eigenvalue weighted by Crippen LogP contribution is -2.59. The van der Waals surface area contributed by atoms with Crippen LogP contribution in [0.4, 0.5) is 0 Å². The van der Waals surface area contributed by atoms with E-state index in [1.54, 1.807) is 7.11 Å². The van der Waals surface area contributed by atoms with Gasteiger partial charge in [0, 0.05) is 13.2 Å². The highest BCUT2D eigenvalue weighted by molar-refractivity contribution is 5.86. The van der Waals surface area contributed by atoms with E-state index in [1.807, 2.05) is 0 Å². The lowest BCUT2D eigenvalue weighted by Gasteiger charge is -2.38. The fourth-order valence-corrected chi connectivity index (χ4v) is 2.61. The third kappa shape index (κ3) is 2.38. The maximum Gasteiger partial charge on any atom is 0.240 e. The molecule has 0 atom stereocenters. The second kappa shape index (κ2) is 4.72. The highest BCUT2D eigenvalue weighted by Gasteiger charge is 2.38. The molecule has 0 aromatic carbocycles. The molecule has 2 aliphatic rings. The van der Waals surface area contributed by atoms with Crippen LogP contribution in [-0.4, -0.2) is 30.7 Å². The van der Waals surface area contributed by atoms with Crippen LogP contribution >= 0.6 is 0 Å². The van der Waals surface area contributed by atoms with E-state index in [1.165, 1.54) is 6.42 Å². The maximum atomic E-state index is 12.0. The zero-order valence-corrected chi connectivity index (χ0v) is 10.00. The number of nitrogens with two attached hydrogens (primary N) is 1. The van der Waals surface area contributed by atoms with Gasteiger partial charge in [-0.25, -0.2) is 0 Å². The average Bonchev–Trinajstić information content (AvgIpc) is 2.23. The third-order valence-corrected chi connectivity index (χ3v) is 3.96. The second-order valence-corrected chi connectivity index (χ2v) is 5.22. The summed E-state index contributed by atoms with van der Waals surface area (Å²) in [7, 11) is 1.72. The molecule has 0 saturated heterocycles. The molecule has 2 aliphatic carbocycles. The number of hydrogen-bond donors (Lipinski definition) is 2. The van der Waals surface area contributed by atoms with Crippen LogP contribution in [0.1, 0.15) is 44.9 Å². The van der Waals surface area contributed by atoms with Gasteiger partial charge in [0.25, 0.3) is 0 Å². The number of carbonyl (C=O) groups excluding carboxylic acids is 1. The van der Waals surface area contributed by atoms with Crippen LogP contribution in [-0.2, 0) is 9.53 Å². The first-order valence-electron chi connectivity index (χ1n) is 6.27. The van der Waals surface area contributed by atoms with Gasteiger partial charge in [0.15, 0.2) is 0 Å². The summed E-state index contributed by atoms with van der Waals surface area (Å²) >= 11 is 0.